The number of benzene rings is 1. The third-order valence-electron chi connectivity index (χ3n) is 2.96. The normalized spacial score (nSPS) is 10.0. The predicted molar refractivity (Wildman–Crippen MR) is 85.6 cm³/mol. The number of nitrogens with one attached hydrogen (secondary N) is 2. The van der Waals surface area contributed by atoms with E-state index >= 15 is 0 Å². The van der Waals surface area contributed by atoms with Gasteiger partial charge >= 0.3 is 0 Å². The minimum absolute atomic E-state index is 0.548. The molecule has 7 heteroatoms. The molecule has 118 valence electrons. The Morgan fingerprint density at radius 2 is 1.55 bits per heavy atom. The van der Waals surface area contributed by atoms with Crippen molar-refractivity contribution in [2.45, 2.75) is 6.92 Å². The molecule has 1 aromatic carbocycles. The Labute approximate surface area is 129 Å². The number of nitrogens with zero attached hydrogens (tertiary/aromatic N) is 2. The van der Waals surface area contributed by atoms with Gasteiger partial charge in [-0.05, 0) is 6.92 Å². The van der Waals surface area contributed by atoms with Gasteiger partial charge in [0.25, 0.3) is 0 Å². The van der Waals surface area contributed by atoms with E-state index in [1.807, 2.05) is 25.1 Å². The van der Waals surface area contributed by atoms with Crippen molar-refractivity contribution in [2.75, 3.05) is 38.5 Å². The fourth-order valence-corrected chi connectivity index (χ4v) is 2.00. The monoisotopic (exact) mass is 304 g/mol. The number of methoxy groups -OCH3 is 3. The first kappa shape index (κ1) is 15.7. The summed E-state index contributed by atoms with van der Waals surface area (Å²) in [5.41, 5.74) is 0.774. The summed E-state index contributed by atoms with van der Waals surface area (Å²) in [6, 6.07) is 5.46. The topological polar surface area (TPSA) is 77.5 Å². The first-order valence-corrected chi connectivity index (χ1v) is 6.84. The quantitative estimate of drug-likeness (QED) is 0.814. The standard InChI is InChI=1S/C15H20N4O3/c1-5-16-13-8-14(18-9-17-13)19-10-6-11(20-2)15(22-4)12(7-10)21-3/h6-9H,5H2,1-4H3,(H2,16,17,18,19). The molecule has 0 amide bonds. The Bertz CT molecular complexity index is 609. The molecule has 1 heterocycles. The van der Waals surface area contributed by atoms with Crippen molar-refractivity contribution < 1.29 is 14.2 Å². The molecule has 0 saturated heterocycles. The molecule has 0 saturated carbocycles. The molecule has 2 rings (SSSR count). The van der Waals surface area contributed by atoms with Gasteiger partial charge in [-0.3, -0.25) is 0 Å². The summed E-state index contributed by atoms with van der Waals surface area (Å²) in [6.45, 7) is 2.80. The van der Waals surface area contributed by atoms with Crippen LogP contribution in [-0.2, 0) is 0 Å². The van der Waals surface area contributed by atoms with Crippen molar-refractivity contribution in [3.63, 3.8) is 0 Å². The average Bonchev–Trinajstić information content (AvgIpc) is 2.54. The fraction of sp³-hybridized carbons (Fsp3) is 0.333. The average molecular weight is 304 g/mol. The molecule has 2 N–H and O–H groups in total. The van der Waals surface area contributed by atoms with Crippen LogP contribution in [-0.4, -0.2) is 37.8 Å². The lowest BCUT2D eigenvalue weighted by atomic mass is 10.2. The highest BCUT2D eigenvalue weighted by Gasteiger charge is 2.13. The van der Waals surface area contributed by atoms with Gasteiger partial charge in [-0.2, -0.15) is 0 Å². The summed E-state index contributed by atoms with van der Waals surface area (Å²) in [6.07, 6.45) is 1.50. The maximum absolute atomic E-state index is 5.33. The van der Waals surface area contributed by atoms with E-state index in [-0.39, 0.29) is 0 Å². The van der Waals surface area contributed by atoms with Crippen molar-refractivity contribution in [1.29, 1.82) is 0 Å². The van der Waals surface area contributed by atoms with Crippen LogP contribution < -0.4 is 24.8 Å². The van der Waals surface area contributed by atoms with E-state index < -0.39 is 0 Å². The third kappa shape index (κ3) is 3.49. The van der Waals surface area contributed by atoms with Gasteiger partial charge in [-0.25, -0.2) is 9.97 Å². The van der Waals surface area contributed by atoms with Crippen molar-refractivity contribution in [3.8, 4) is 17.2 Å². The van der Waals surface area contributed by atoms with Gasteiger partial charge in [-0.15, -0.1) is 0 Å². The molecule has 0 spiro atoms. The number of anilines is 3. The predicted octanol–water partition coefficient (Wildman–Crippen LogP) is 2.68. The lowest BCUT2D eigenvalue weighted by Gasteiger charge is -2.15. The fourth-order valence-electron chi connectivity index (χ4n) is 2.00. The first-order valence-electron chi connectivity index (χ1n) is 6.84. The highest BCUT2D eigenvalue weighted by atomic mass is 16.5. The van der Waals surface area contributed by atoms with Gasteiger partial charge in [0.2, 0.25) is 5.75 Å². The number of aromatic nitrogens is 2. The second-order valence-electron chi connectivity index (χ2n) is 4.36. The molecule has 0 fully saturated rings. The molecular formula is C15H20N4O3. The van der Waals surface area contributed by atoms with Crippen LogP contribution in [0.1, 0.15) is 6.92 Å². The van der Waals surface area contributed by atoms with Gasteiger partial charge in [0.05, 0.1) is 21.3 Å². The zero-order valence-corrected chi connectivity index (χ0v) is 13.1. The smallest absolute Gasteiger partial charge is 0.203 e. The lowest BCUT2D eigenvalue weighted by molar-refractivity contribution is 0.324. The van der Waals surface area contributed by atoms with E-state index in [4.69, 9.17) is 14.2 Å². The van der Waals surface area contributed by atoms with Gasteiger partial charge in [-0.1, -0.05) is 0 Å². The van der Waals surface area contributed by atoms with Gasteiger partial charge < -0.3 is 24.8 Å². The Hall–Kier alpha value is -2.70. The summed E-state index contributed by atoms with van der Waals surface area (Å²) in [7, 11) is 4.73. The number of ether oxygens (including phenoxy) is 3. The minimum atomic E-state index is 0.548. The Morgan fingerprint density at radius 3 is 2.09 bits per heavy atom. The van der Waals surface area contributed by atoms with Crippen molar-refractivity contribution in [2.24, 2.45) is 0 Å². The molecule has 0 aliphatic carbocycles. The van der Waals surface area contributed by atoms with Crippen LogP contribution in [0.3, 0.4) is 0 Å². The largest absolute Gasteiger partial charge is 0.493 e. The van der Waals surface area contributed by atoms with Crippen LogP contribution >= 0.6 is 0 Å². The van der Waals surface area contributed by atoms with Crippen molar-refractivity contribution >= 4 is 17.3 Å². The molecule has 0 bridgehead atoms. The molecule has 7 nitrogen and oxygen atoms in total. The van der Waals surface area contributed by atoms with Gasteiger partial charge in [0.15, 0.2) is 11.5 Å². The van der Waals surface area contributed by atoms with Gasteiger partial charge in [0.1, 0.15) is 18.0 Å². The van der Waals surface area contributed by atoms with Crippen LogP contribution in [0.25, 0.3) is 0 Å². The molecule has 22 heavy (non-hydrogen) atoms. The van der Waals surface area contributed by atoms with Crippen molar-refractivity contribution in [3.05, 3.63) is 24.5 Å². The van der Waals surface area contributed by atoms with E-state index in [1.165, 1.54) is 6.33 Å². The van der Waals surface area contributed by atoms with Crippen LogP contribution in [0.4, 0.5) is 17.3 Å². The van der Waals surface area contributed by atoms with Crippen LogP contribution in [0.15, 0.2) is 24.5 Å². The van der Waals surface area contributed by atoms with E-state index in [9.17, 15) is 0 Å². The maximum atomic E-state index is 5.33. The maximum Gasteiger partial charge on any atom is 0.203 e. The molecule has 1 aromatic heterocycles. The Morgan fingerprint density at radius 1 is 0.909 bits per heavy atom. The van der Waals surface area contributed by atoms with E-state index in [0.717, 1.165) is 18.1 Å². The molecule has 2 aromatic rings. The van der Waals surface area contributed by atoms with E-state index in [1.54, 1.807) is 21.3 Å². The molecule has 0 atom stereocenters. The first-order chi connectivity index (χ1) is 10.7. The second-order valence-corrected chi connectivity index (χ2v) is 4.36. The third-order valence-corrected chi connectivity index (χ3v) is 2.96. The zero-order valence-electron chi connectivity index (χ0n) is 13.1. The Kier molecular flexibility index (Phi) is 5.24. The number of rotatable bonds is 7. The highest BCUT2D eigenvalue weighted by Crippen LogP contribution is 2.40. The molecule has 0 unspecified atom stereocenters. The zero-order chi connectivity index (χ0) is 15.9. The summed E-state index contributed by atoms with van der Waals surface area (Å²) >= 11 is 0. The highest BCUT2D eigenvalue weighted by molar-refractivity contribution is 5.67. The number of hydrogen-bond acceptors (Lipinski definition) is 7. The lowest BCUT2D eigenvalue weighted by Crippen LogP contribution is -2.02. The van der Waals surface area contributed by atoms with Crippen molar-refractivity contribution in [1.82, 2.24) is 9.97 Å². The molecule has 0 aliphatic heterocycles. The summed E-state index contributed by atoms with van der Waals surface area (Å²) in [4.78, 5) is 8.33. The SMILES string of the molecule is CCNc1cc(Nc2cc(OC)c(OC)c(OC)c2)ncn1. The summed E-state index contributed by atoms with van der Waals surface area (Å²) in [5.74, 6) is 3.12. The van der Waals surface area contributed by atoms with Crippen LogP contribution in [0.2, 0.25) is 0 Å². The summed E-state index contributed by atoms with van der Waals surface area (Å²) in [5, 5.41) is 6.33. The van der Waals surface area contributed by atoms with Crippen LogP contribution in [0.5, 0.6) is 17.2 Å². The second kappa shape index (κ2) is 7.35. The molecule has 0 radical (unpaired) electrons. The summed E-state index contributed by atoms with van der Waals surface area (Å²) < 4.78 is 16.0. The van der Waals surface area contributed by atoms with E-state index in [0.29, 0.717) is 23.1 Å². The minimum Gasteiger partial charge on any atom is -0.493 e. The van der Waals surface area contributed by atoms with Gasteiger partial charge in [0, 0.05) is 30.4 Å². The molecule has 0 aliphatic rings. The molecular weight excluding hydrogens is 284 g/mol. The van der Waals surface area contributed by atoms with E-state index in [2.05, 4.69) is 20.6 Å². The number of hydrogen-bond donors (Lipinski definition) is 2. The Balaban J connectivity index is 2.31. The van der Waals surface area contributed by atoms with Crippen LogP contribution in [0, 0.1) is 0 Å².